The van der Waals surface area contributed by atoms with Crippen molar-refractivity contribution in [3.05, 3.63) is 70.9 Å². The van der Waals surface area contributed by atoms with Gasteiger partial charge in [-0.2, -0.15) is 13.2 Å². The molecular formula is C16H14F3N3. The average molecular weight is 305 g/mol. The first-order valence-electron chi connectivity index (χ1n) is 6.62. The largest absolute Gasteiger partial charge is 0.416 e. The number of nitrogens with two attached hydrogens (primary N) is 2. The Hall–Kier alpha value is -2.47. The second-order valence-electron chi connectivity index (χ2n) is 5.17. The highest BCUT2D eigenvalue weighted by atomic mass is 19.4. The Morgan fingerprint density at radius 3 is 2.32 bits per heavy atom. The van der Waals surface area contributed by atoms with E-state index in [4.69, 9.17) is 11.5 Å². The molecule has 1 unspecified atom stereocenters. The van der Waals surface area contributed by atoms with E-state index in [9.17, 15) is 13.2 Å². The Bertz CT molecular complexity index is 735. The van der Waals surface area contributed by atoms with Gasteiger partial charge in [0.25, 0.3) is 0 Å². The number of anilines is 1. The summed E-state index contributed by atoms with van der Waals surface area (Å²) < 4.78 is 38.0. The minimum Gasteiger partial charge on any atom is -0.398 e. The van der Waals surface area contributed by atoms with Gasteiger partial charge in [0, 0.05) is 16.8 Å². The Balaban J connectivity index is 2.09. The third-order valence-electron chi connectivity index (χ3n) is 3.79. The van der Waals surface area contributed by atoms with Crippen LogP contribution in [0.3, 0.4) is 0 Å². The summed E-state index contributed by atoms with van der Waals surface area (Å²) in [5.74, 6) is 0. The van der Waals surface area contributed by atoms with E-state index in [1.165, 1.54) is 12.1 Å². The fourth-order valence-electron chi connectivity index (χ4n) is 2.61. The quantitative estimate of drug-likeness (QED) is 0.710. The topological polar surface area (TPSA) is 64.1 Å². The van der Waals surface area contributed by atoms with Crippen molar-refractivity contribution in [1.82, 2.24) is 5.32 Å². The van der Waals surface area contributed by atoms with Gasteiger partial charge in [0.2, 0.25) is 0 Å². The summed E-state index contributed by atoms with van der Waals surface area (Å²) in [6.07, 6.45) is -0.932. The van der Waals surface area contributed by atoms with Crippen LogP contribution >= 0.6 is 0 Å². The normalized spacial score (nSPS) is 20.4. The SMILES string of the molecule is Nc1cccc2c1C=CNC2(N)c1ccc(C(F)(F)F)cc1. The molecule has 0 aliphatic carbocycles. The van der Waals surface area contributed by atoms with Gasteiger partial charge in [-0.25, -0.2) is 0 Å². The molecule has 2 aromatic carbocycles. The highest BCUT2D eigenvalue weighted by Gasteiger charge is 2.35. The van der Waals surface area contributed by atoms with Gasteiger partial charge in [0.05, 0.1) is 5.56 Å². The molecule has 0 saturated heterocycles. The fourth-order valence-corrected chi connectivity index (χ4v) is 2.61. The maximum atomic E-state index is 12.7. The van der Waals surface area contributed by atoms with Crippen LogP contribution in [0.4, 0.5) is 18.9 Å². The number of nitrogens with one attached hydrogen (secondary N) is 1. The van der Waals surface area contributed by atoms with Gasteiger partial charge in [-0.15, -0.1) is 0 Å². The van der Waals surface area contributed by atoms with Crippen molar-refractivity contribution in [2.24, 2.45) is 5.73 Å². The van der Waals surface area contributed by atoms with E-state index in [0.717, 1.165) is 23.3 Å². The van der Waals surface area contributed by atoms with Crippen molar-refractivity contribution in [2.45, 2.75) is 11.8 Å². The molecule has 5 N–H and O–H groups in total. The number of benzene rings is 2. The van der Waals surface area contributed by atoms with E-state index in [1.807, 2.05) is 0 Å². The van der Waals surface area contributed by atoms with Gasteiger partial charge in [-0.1, -0.05) is 24.3 Å². The number of hydrogen-bond acceptors (Lipinski definition) is 3. The zero-order valence-corrected chi connectivity index (χ0v) is 11.5. The minimum atomic E-state index is -4.37. The number of rotatable bonds is 1. The number of halogens is 3. The van der Waals surface area contributed by atoms with Crippen LogP contribution in [0.2, 0.25) is 0 Å². The van der Waals surface area contributed by atoms with Crippen LogP contribution in [0.5, 0.6) is 0 Å². The second-order valence-corrected chi connectivity index (χ2v) is 5.17. The van der Waals surface area contributed by atoms with Crippen molar-refractivity contribution < 1.29 is 13.2 Å². The van der Waals surface area contributed by atoms with Gasteiger partial charge in [-0.3, -0.25) is 0 Å². The van der Waals surface area contributed by atoms with Gasteiger partial charge in [0.1, 0.15) is 5.66 Å². The molecule has 1 aliphatic rings. The van der Waals surface area contributed by atoms with Crippen molar-refractivity contribution in [1.29, 1.82) is 0 Å². The predicted molar refractivity (Wildman–Crippen MR) is 79.4 cm³/mol. The first kappa shape index (κ1) is 14.5. The molecule has 1 aliphatic heterocycles. The molecule has 0 bridgehead atoms. The van der Waals surface area contributed by atoms with Gasteiger partial charge < -0.3 is 16.8 Å². The maximum Gasteiger partial charge on any atom is 0.416 e. The predicted octanol–water partition coefficient (Wildman–Crippen LogP) is 3.02. The zero-order valence-electron chi connectivity index (χ0n) is 11.5. The first-order valence-corrected chi connectivity index (χ1v) is 6.62. The Morgan fingerprint density at radius 1 is 1.00 bits per heavy atom. The lowest BCUT2D eigenvalue weighted by Gasteiger charge is -2.35. The summed E-state index contributed by atoms with van der Waals surface area (Å²) in [4.78, 5) is 0. The number of hydrogen-bond donors (Lipinski definition) is 3. The molecule has 0 spiro atoms. The lowest BCUT2D eigenvalue weighted by Crippen LogP contribution is -2.50. The van der Waals surface area contributed by atoms with E-state index in [1.54, 1.807) is 30.5 Å². The highest BCUT2D eigenvalue weighted by molar-refractivity contribution is 5.71. The first-order chi connectivity index (χ1) is 10.3. The number of alkyl halides is 3. The van der Waals surface area contributed by atoms with E-state index in [0.29, 0.717) is 11.3 Å². The van der Waals surface area contributed by atoms with Crippen LogP contribution in [0.15, 0.2) is 48.7 Å². The van der Waals surface area contributed by atoms with Crippen LogP contribution in [0.25, 0.3) is 6.08 Å². The van der Waals surface area contributed by atoms with Crippen LogP contribution in [0, 0.1) is 0 Å². The number of nitrogen functional groups attached to an aromatic ring is 1. The fraction of sp³-hybridized carbons (Fsp3) is 0.125. The third kappa shape index (κ3) is 2.21. The summed E-state index contributed by atoms with van der Waals surface area (Å²) in [6.45, 7) is 0. The molecule has 2 aromatic rings. The van der Waals surface area contributed by atoms with E-state index in [2.05, 4.69) is 5.32 Å². The summed E-state index contributed by atoms with van der Waals surface area (Å²) in [5, 5.41) is 3.01. The average Bonchev–Trinajstić information content (AvgIpc) is 2.48. The summed E-state index contributed by atoms with van der Waals surface area (Å²) in [6, 6.07) is 10.1. The molecule has 114 valence electrons. The van der Waals surface area contributed by atoms with Crippen molar-refractivity contribution in [2.75, 3.05) is 5.73 Å². The molecule has 0 amide bonds. The molecule has 0 radical (unpaired) electrons. The third-order valence-corrected chi connectivity index (χ3v) is 3.79. The van der Waals surface area contributed by atoms with Gasteiger partial charge in [0.15, 0.2) is 0 Å². The van der Waals surface area contributed by atoms with E-state index < -0.39 is 17.4 Å². The van der Waals surface area contributed by atoms with Crippen LogP contribution in [0.1, 0.15) is 22.3 Å². The van der Waals surface area contributed by atoms with Gasteiger partial charge >= 0.3 is 6.18 Å². The molecule has 3 rings (SSSR count). The molecular weight excluding hydrogens is 291 g/mol. The summed E-state index contributed by atoms with van der Waals surface area (Å²) >= 11 is 0. The molecule has 0 saturated carbocycles. The van der Waals surface area contributed by atoms with Crippen LogP contribution < -0.4 is 16.8 Å². The maximum absolute atomic E-state index is 12.7. The van der Waals surface area contributed by atoms with Crippen molar-refractivity contribution in [3.8, 4) is 0 Å². The Labute approximate surface area is 125 Å². The molecule has 22 heavy (non-hydrogen) atoms. The van der Waals surface area contributed by atoms with Crippen molar-refractivity contribution in [3.63, 3.8) is 0 Å². The molecule has 6 heteroatoms. The standard InChI is InChI=1S/C16H14F3N3/c17-16(18,19)11-6-4-10(5-7-11)15(21)13-2-1-3-14(20)12(13)8-9-22-15/h1-9,22H,20-21H2. The monoisotopic (exact) mass is 305 g/mol. The van der Waals surface area contributed by atoms with Crippen LogP contribution in [-0.4, -0.2) is 0 Å². The minimum absolute atomic E-state index is 0.525. The highest BCUT2D eigenvalue weighted by Crippen LogP contribution is 2.35. The molecule has 0 fully saturated rings. The second kappa shape index (κ2) is 4.78. The van der Waals surface area contributed by atoms with Gasteiger partial charge in [-0.05, 0) is 36.0 Å². The molecule has 3 nitrogen and oxygen atoms in total. The molecule has 1 heterocycles. The van der Waals surface area contributed by atoms with E-state index in [-0.39, 0.29) is 0 Å². The summed E-state index contributed by atoms with van der Waals surface area (Å²) in [7, 11) is 0. The zero-order chi connectivity index (χ0) is 16.0. The van der Waals surface area contributed by atoms with Crippen LogP contribution in [-0.2, 0) is 11.8 Å². The summed E-state index contributed by atoms with van der Waals surface area (Å²) in [5.41, 5.74) is 13.1. The van der Waals surface area contributed by atoms with E-state index >= 15 is 0 Å². The lowest BCUT2D eigenvalue weighted by molar-refractivity contribution is -0.137. The smallest absolute Gasteiger partial charge is 0.398 e. The number of fused-ring (bicyclic) bond motifs is 1. The molecule has 1 atom stereocenters. The lowest BCUT2D eigenvalue weighted by atomic mass is 9.85. The Morgan fingerprint density at radius 2 is 1.68 bits per heavy atom. The Kier molecular flexibility index (Phi) is 3.14. The molecule has 0 aromatic heterocycles. The van der Waals surface area contributed by atoms with Crippen molar-refractivity contribution >= 4 is 11.8 Å².